The summed E-state index contributed by atoms with van der Waals surface area (Å²) in [5.41, 5.74) is 0.939. The lowest BCUT2D eigenvalue weighted by Gasteiger charge is -2.29. The molecule has 0 radical (unpaired) electrons. The lowest BCUT2D eigenvalue weighted by atomic mass is 10.0. The van der Waals surface area contributed by atoms with E-state index in [-0.39, 0.29) is 18.5 Å². The average Bonchev–Trinajstić information content (AvgIpc) is 3.30. The lowest BCUT2D eigenvalue weighted by Crippen LogP contribution is -2.44. The fourth-order valence-corrected chi connectivity index (χ4v) is 4.05. The summed E-state index contributed by atoms with van der Waals surface area (Å²) < 4.78 is 10.8. The summed E-state index contributed by atoms with van der Waals surface area (Å²) in [6.45, 7) is 1.49. The highest BCUT2D eigenvalue weighted by atomic mass is 16.5. The molecule has 142 valence electrons. The van der Waals surface area contributed by atoms with Gasteiger partial charge in [0.1, 0.15) is 17.5 Å². The molecule has 0 spiro atoms. The Morgan fingerprint density at radius 1 is 1.15 bits per heavy atom. The standard InChI is InChI=1S/C19H26N2O5/c1-25-13-7-8-17(26-2)14(11-13)15-5-4-10-21(15)18(22)12-20-9-3-6-16(20)19(23)24/h7-8,11,15-16H,3-6,9-10,12H2,1-2H3,(H,23,24)/t15?,16-/m1/s1. The third kappa shape index (κ3) is 3.62. The molecule has 2 heterocycles. The van der Waals surface area contributed by atoms with Crippen molar-refractivity contribution in [1.82, 2.24) is 9.80 Å². The zero-order chi connectivity index (χ0) is 18.7. The van der Waals surface area contributed by atoms with Crippen LogP contribution in [0, 0.1) is 0 Å². The first-order chi connectivity index (χ1) is 12.5. The van der Waals surface area contributed by atoms with Gasteiger partial charge in [-0.25, -0.2) is 0 Å². The summed E-state index contributed by atoms with van der Waals surface area (Å²) in [4.78, 5) is 27.9. The van der Waals surface area contributed by atoms with E-state index in [9.17, 15) is 14.7 Å². The molecule has 1 unspecified atom stereocenters. The Labute approximate surface area is 153 Å². The van der Waals surface area contributed by atoms with Crippen LogP contribution in [0.3, 0.4) is 0 Å². The molecular formula is C19H26N2O5. The molecule has 26 heavy (non-hydrogen) atoms. The number of carbonyl (C=O) groups is 2. The third-order valence-electron chi connectivity index (χ3n) is 5.36. The predicted molar refractivity (Wildman–Crippen MR) is 95.5 cm³/mol. The van der Waals surface area contributed by atoms with E-state index in [1.807, 2.05) is 23.1 Å². The highest BCUT2D eigenvalue weighted by Crippen LogP contribution is 2.39. The molecule has 1 aromatic carbocycles. The van der Waals surface area contributed by atoms with Gasteiger partial charge in [0.05, 0.1) is 26.8 Å². The largest absolute Gasteiger partial charge is 0.497 e. The molecule has 0 saturated carbocycles. The number of likely N-dealkylation sites (tertiary alicyclic amines) is 2. The van der Waals surface area contributed by atoms with Crippen molar-refractivity contribution in [3.63, 3.8) is 0 Å². The van der Waals surface area contributed by atoms with E-state index in [2.05, 4.69) is 0 Å². The first-order valence-corrected chi connectivity index (χ1v) is 9.03. The Bertz CT molecular complexity index is 678. The van der Waals surface area contributed by atoms with Gasteiger partial charge in [-0.2, -0.15) is 0 Å². The van der Waals surface area contributed by atoms with E-state index >= 15 is 0 Å². The molecular weight excluding hydrogens is 336 g/mol. The monoisotopic (exact) mass is 362 g/mol. The number of carboxylic acid groups (broad SMARTS) is 1. The van der Waals surface area contributed by atoms with Crippen LogP contribution in [0.4, 0.5) is 0 Å². The number of carbonyl (C=O) groups excluding carboxylic acids is 1. The zero-order valence-corrected chi connectivity index (χ0v) is 15.3. The number of hydrogen-bond donors (Lipinski definition) is 1. The Morgan fingerprint density at radius 3 is 2.62 bits per heavy atom. The molecule has 2 aliphatic rings. The molecule has 1 aromatic rings. The first kappa shape index (κ1) is 18.5. The fourth-order valence-electron chi connectivity index (χ4n) is 4.05. The topological polar surface area (TPSA) is 79.3 Å². The van der Waals surface area contributed by atoms with Gasteiger partial charge < -0.3 is 19.5 Å². The Morgan fingerprint density at radius 2 is 1.92 bits per heavy atom. The fraction of sp³-hybridized carbons (Fsp3) is 0.579. The summed E-state index contributed by atoms with van der Waals surface area (Å²) in [5, 5.41) is 9.32. The summed E-state index contributed by atoms with van der Waals surface area (Å²) in [6, 6.07) is 5.00. The predicted octanol–water partition coefficient (Wildman–Crippen LogP) is 1.92. The van der Waals surface area contributed by atoms with Crippen LogP contribution >= 0.6 is 0 Å². The highest BCUT2D eigenvalue weighted by Gasteiger charge is 2.36. The number of nitrogens with zero attached hydrogens (tertiary/aromatic N) is 2. The van der Waals surface area contributed by atoms with Gasteiger partial charge in [0, 0.05) is 12.1 Å². The molecule has 0 aliphatic carbocycles. The Balaban J connectivity index is 1.78. The van der Waals surface area contributed by atoms with Crippen LogP contribution in [0.5, 0.6) is 11.5 Å². The van der Waals surface area contributed by atoms with Crippen molar-refractivity contribution in [2.75, 3.05) is 33.9 Å². The summed E-state index contributed by atoms with van der Waals surface area (Å²) >= 11 is 0. The van der Waals surface area contributed by atoms with Gasteiger partial charge in [0.25, 0.3) is 0 Å². The van der Waals surface area contributed by atoms with E-state index in [0.29, 0.717) is 19.5 Å². The number of benzene rings is 1. The number of rotatable bonds is 6. The average molecular weight is 362 g/mol. The second kappa shape index (κ2) is 7.95. The van der Waals surface area contributed by atoms with E-state index in [4.69, 9.17) is 9.47 Å². The molecule has 3 rings (SSSR count). The normalized spacial score (nSPS) is 23.2. The Kier molecular flexibility index (Phi) is 5.66. The quantitative estimate of drug-likeness (QED) is 0.833. The summed E-state index contributed by atoms with van der Waals surface area (Å²) in [5.74, 6) is 0.596. The minimum absolute atomic E-state index is 0.0227. The van der Waals surface area contributed by atoms with Crippen LogP contribution in [0.2, 0.25) is 0 Å². The second-order valence-electron chi connectivity index (χ2n) is 6.82. The van der Waals surface area contributed by atoms with E-state index in [1.165, 1.54) is 0 Å². The number of amides is 1. The number of aliphatic carboxylic acids is 1. The highest BCUT2D eigenvalue weighted by molar-refractivity contribution is 5.81. The summed E-state index contributed by atoms with van der Waals surface area (Å²) in [7, 11) is 3.23. The van der Waals surface area contributed by atoms with Crippen molar-refractivity contribution in [2.45, 2.75) is 37.8 Å². The third-order valence-corrected chi connectivity index (χ3v) is 5.36. The molecule has 2 atom stereocenters. The van der Waals surface area contributed by atoms with Crippen molar-refractivity contribution >= 4 is 11.9 Å². The molecule has 2 fully saturated rings. The number of ether oxygens (including phenoxy) is 2. The van der Waals surface area contributed by atoms with Gasteiger partial charge >= 0.3 is 5.97 Å². The van der Waals surface area contributed by atoms with Gasteiger partial charge in [0.2, 0.25) is 5.91 Å². The maximum absolute atomic E-state index is 12.9. The van der Waals surface area contributed by atoms with Crippen molar-refractivity contribution in [3.8, 4) is 11.5 Å². The number of carboxylic acids is 1. The van der Waals surface area contributed by atoms with Crippen molar-refractivity contribution < 1.29 is 24.2 Å². The Hall–Kier alpha value is -2.28. The van der Waals surface area contributed by atoms with Crippen LogP contribution in [0.15, 0.2) is 18.2 Å². The van der Waals surface area contributed by atoms with Gasteiger partial charge in [-0.05, 0) is 50.4 Å². The maximum Gasteiger partial charge on any atom is 0.320 e. The second-order valence-corrected chi connectivity index (χ2v) is 6.82. The lowest BCUT2D eigenvalue weighted by molar-refractivity contribution is -0.143. The SMILES string of the molecule is COc1ccc(OC)c(C2CCCN2C(=O)CN2CCC[C@@H]2C(=O)O)c1. The smallest absolute Gasteiger partial charge is 0.320 e. The molecule has 1 N–H and O–H groups in total. The summed E-state index contributed by atoms with van der Waals surface area (Å²) in [6.07, 6.45) is 3.20. The van der Waals surface area contributed by atoms with E-state index < -0.39 is 12.0 Å². The van der Waals surface area contributed by atoms with Gasteiger partial charge in [0.15, 0.2) is 0 Å². The molecule has 1 amide bonds. The van der Waals surface area contributed by atoms with Crippen LogP contribution in [-0.2, 0) is 9.59 Å². The van der Waals surface area contributed by atoms with E-state index in [0.717, 1.165) is 36.3 Å². The van der Waals surface area contributed by atoms with Gasteiger partial charge in [-0.15, -0.1) is 0 Å². The van der Waals surface area contributed by atoms with Gasteiger partial charge in [-0.1, -0.05) is 0 Å². The minimum atomic E-state index is -0.845. The zero-order valence-electron chi connectivity index (χ0n) is 15.3. The number of hydrogen-bond acceptors (Lipinski definition) is 5. The van der Waals surface area contributed by atoms with Crippen LogP contribution in [0.25, 0.3) is 0 Å². The molecule has 0 aromatic heterocycles. The minimum Gasteiger partial charge on any atom is -0.497 e. The van der Waals surface area contributed by atoms with Crippen molar-refractivity contribution in [1.29, 1.82) is 0 Å². The molecule has 2 aliphatic heterocycles. The van der Waals surface area contributed by atoms with E-state index in [1.54, 1.807) is 19.1 Å². The van der Waals surface area contributed by atoms with Crippen LogP contribution in [-0.4, -0.2) is 66.7 Å². The number of methoxy groups -OCH3 is 2. The molecule has 7 heteroatoms. The van der Waals surface area contributed by atoms with Crippen LogP contribution in [0.1, 0.15) is 37.3 Å². The molecule has 7 nitrogen and oxygen atoms in total. The molecule has 0 bridgehead atoms. The van der Waals surface area contributed by atoms with Crippen LogP contribution < -0.4 is 9.47 Å². The van der Waals surface area contributed by atoms with Crippen molar-refractivity contribution in [3.05, 3.63) is 23.8 Å². The van der Waals surface area contributed by atoms with Gasteiger partial charge in [-0.3, -0.25) is 14.5 Å². The van der Waals surface area contributed by atoms with Crippen molar-refractivity contribution in [2.24, 2.45) is 0 Å². The first-order valence-electron chi connectivity index (χ1n) is 9.03. The molecule has 2 saturated heterocycles. The maximum atomic E-state index is 12.9.